The predicted molar refractivity (Wildman–Crippen MR) is 27.3 cm³/mol. The van der Waals surface area contributed by atoms with Crippen molar-refractivity contribution in [3.8, 4) is 0 Å². The summed E-state index contributed by atoms with van der Waals surface area (Å²) >= 11 is 0. The van der Waals surface area contributed by atoms with Crippen molar-refractivity contribution in [3.63, 3.8) is 0 Å². The van der Waals surface area contributed by atoms with Crippen molar-refractivity contribution < 1.29 is 15.0 Å². The van der Waals surface area contributed by atoms with Crippen molar-refractivity contribution in [2.24, 2.45) is 5.73 Å². The van der Waals surface area contributed by atoms with Crippen LogP contribution in [0.25, 0.3) is 0 Å². The average Bonchev–Trinajstić information content (AvgIpc) is 1.64. The number of aliphatic hydroxyl groups excluding tert-OH is 1. The summed E-state index contributed by atoms with van der Waals surface area (Å²) in [5.74, 6) is -1.28. The maximum atomic E-state index is 9.81. The molecule has 2 atom stereocenters. The van der Waals surface area contributed by atoms with Crippen LogP contribution in [0.2, 0.25) is 0 Å². The van der Waals surface area contributed by atoms with Gasteiger partial charge >= 0.3 is 5.97 Å². The second kappa shape index (κ2) is 2.64. The Labute approximate surface area is 46.9 Å². The Bertz CT molecular complexity index is 91.3. The second-order valence-electron chi connectivity index (χ2n) is 1.64. The molecule has 4 N–H and O–H groups in total. The summed E-state index contributed by atoms with van der Waals surface area (Å²) in [7, 11) is 0. The zero-order valence-electron chi connectivity index (χ0n) is 4.53. The maximum Gasteiger partial charge on any atom is 0.334 e. The number of nitrogens with two attached hydrogens (primary N) is 1. The van der Waals surface area contributed by atoms with Gasteiger partial charge < -0.3 is 15.9 Å². The fraction of sp³-hybridized carbons (Fsp3) is 0.750. The molecule has 0 aromatic carbocycles. The molecule has 1 unspecified atom stereocenters. The first-order chi connectivity index (χ1) is 3.55. The van der Waals surface area contributed by atoms with E-state index in [2.05, 4.69) is 0 Å². The van der Waals surface area contributed by atoms with Crippen LogP contribution in [0.5, 0.6) is 0 Å². The molecule has 0 aromatic heterocycles. The molecule has 0 spiro atoms. The highest BCUT2D eigenvalue weighted by Gasteiger charge is 2.16. The molecular formula is C4H9NO3. The van der Waals surface area contributed by atoms with Crippen LogP contribution in [0.15, 0.2) is 0 Å². The molecule has 0 aliphatic carbocycles. The van der Waals surface area contributed by atoms with Crippen molar-refractivity contribution in [2.75, 3.05) is 0 Å². The molecule has 0 saturated carbocycles. The number of hydrogen-bond donors (Lipinski definition) is 3. The topological polar surface area (TPSA) is 83.5 Å². The molecule has 48 valence electrons. The third-order valence-corrected chi connectivity index (χ3v) is 0.751. The molecule has 0 rings (SSSR count). The van der Waals surface area contributed by atoms with Crippen LogP contribution in [0.3, 0.4) is 0 Å². The molecule has 4 heteroatoms. The van der Waals surface area contributed by atoms with Crippen LogP contribution in [0.1, 0.15) is 6.92 Å². The van der Waals surface area contributed by atoms with Gasteiger partial charge in [0.15, 0.2) is 6.10 Å². The van der Waals surface area contributed by atoms with Gasteiger partial charge in [-0.2, -0.15) is 0 Å². The molecule has 0 amide bonds. The summed E-state index contributed by atoms with van der Waals surface area (Å²) < 4.78 is 0. The van der Waals surface area contributed by atoms with Crippen molar-refractivity contribution in [1.82, 2.24) is 0 Å². The normalized spacial score (nSPS) is 17.4. The molecule has 0 aliphatic heterocycles. The summed E-state index contributed by atoms with van der Waals surface area (Å²) in [6.07, 6.45) is -1.44. The van der Waals surface area contributed by atoms with Gasteiger partial charge in [0.05, 0.1) is 0 Å². The van der Waals surface area contributed by atoms with E-state index in [9.17, 15) is 4.79 Å². The quantitative estimate of drug-likeness (QED) is 0.425. The molecule has 0 fully saturated rings. The SMILES string of the molecule is CC(N)[C@H](O)C(=O)O. The minimum Gasteiger partial charge on any atom is -0.479 e. The summed E-state index contributed by atoms with van der Waals surface area (Å²) in [6, 6.07) is -0.701. The van der Waals surface area contributed by atoms with E-state index < -0.39 is 18.1 Å². The molecule has 0 aliphatic rings. The van der Waals surface area contributed by atoms with Crippen molar-refractivity contribution in [1.29, 1.82) is 0 Å². The number of hydrogen-bond acceptors (Lipinski definition) is 3. The van der Waals surface area contributed by atoms with E-state index in [-0.39, 0.29) is 0 Å². The van der Waals surface area contributed by atoms with E-state index in [4.69, 9.17) is 15.9 Å². The Hall–Kier alpha value is -0.610. The van der Waals surface area contributed by atoms with Gasteiger partial charge in [-0.3, -0.25) is 0 Å². The minimum absolute atomic E-state index is 0.701. The van der Waals surface area contributed by atoms with Gasteiger partial charge in [0.1, 0.15) is 0 Å². The summed E-state index contributed by atoms with van der Waals surface area (Å²) in [4.78, 5) is 9.81. The van der Waals surface area contributed by atoms with Gasteiger partial charge in [0, 0.05) is 6.04 Å². The van der Waals surface area contributed by atoms with E-state index in [1.807, 2.05) is 0 Å². The van der Waals surface area contributed by atoms with Crippen LogP contribution in [-0.2, 0) is 4.79 Å². The smallest absolute Gasteiger partial charge is 0.334 e. The van der Waals surface area contributed by atoms with Gasteiger partial charge in [-0.1, -0.05) is 0 Å². The van der Waals surface area contributed by atoms with E-state index in [1.54, 1.807) is 0 Å². The number of aliphatic hydroxyl groups is 1. The van der Waals surface area contributed by atoms with E-state index in [0.717, 1.165) is 0 Å². The zero-order valence-corrected chi connectivity index (χ0v) is 4.53. The molecule has 0 radical (unpaired) electrons. The molecular weight excluding hydrogens is 110 g/mol. The fourth-order valence-electron chi connectivity index (χ4n) is 0.225. The monoisotopic (exact) mass is 119 g/mol. The predicted octanol–water partition coefficient (Wildman–Crippen LogP) is -1.22. The van der Waals surface area contributed by atoms with Crippen molar-refractivity contribution in [2.45, 2.75) is 19.1 Å². The Morgan fingerprint density at radius 1 is 1.75 bits per heavy atom. The largest absolute Gasteiger partial charge is 0.479 e. The van der Waals surface area contributed by atoms with Gasteiger partial charge in [0.25, 0.3) is 0 Å². The molecule has 0 saturated heterocycles. The van der Waals surface area contributed by atoms with E-state index in [1.165, 1.54) is 6.92 Å². The van der Waals surface area contributed by atoms with Crippen LogP contribution >= 0.6 is 0 Å². The lowest BCUT2D eigenvalue weighted by atomic mass is 10.2. The molecule has 8 heavy (non-hydrogen) atoms. The van der Waals surface area contributed by atoms with Crippen molar-refractivity contribution in [3.05, 3.63) is 0 Å². The van der Waals surface area contributed by atoms with E-state index >= 15 is 0 Å². The lowest BCUT2D eigenvalue weighted by Crippen LogP contribution is -2.37. The Morgan fingerprint density at radius 3 is 2.12 bits per heavy atom. The first-order valence-electron chi connectivity index (χ1n) is 2.22. The number of carboxylic acid groups (broad SMARTS) is 1. The fourth-order valence-corrected chi connectivity index (χ4v) is 0.225. The van der Waals surface area contributed by atoms with Gasteiger partial charge in [-0.15, -0.1) is 0 Å². The minimum atomic E-state index is -1.44. The zero-order chi connectivity index (χ0) is 6.73. The van der Waals surface area contributed by atoms with Gasteiger partial charge in [-0.25, -0.2) is 4.79 Å². The molecule has 0 heterocycles. The summed E-state index contributed by atoms with van der Waals surface area (Å²) in [6.45, 7) is 1.43. The number of carboxylic acids is 1. The second-order valence-corrected chi connectivity index (χ2v) is 1.64. The first kappa shape index (κ1) is 7.39. The number of carbonyl (C=O) groups is 1. The first-order valence-corrected chi connectivity index (χ1v) is 2.22. The lowest BCUT2D eigenvalue weighted by Gasteiger charge is -2.06. The summed E-state index contributed by atoms with van der Waals surface area (Å²) in [5, 5.41) is 16.5. The van der Waals surface area contributed by atoms with Gasteiger partial charge in [0.2, 0.25) is 0 Å². The average molecular weight is 119 g/mol. The highest BCUT2D eigenvalue weighted by molar-refractivity contribution is 5.72. The number of rotatable bonds is 2. The maximum absolute atomic E-state index is 9.81. The van der Waals surface area contributed by atoms with Crippen molar-refractivity contribution >= 4 is 5.97 Å². The Balaban J connectivity index is 3.64. The third-order valence-electron chi connectivity index (χ3n) is 0.751. The van der Waals surface area contributed by atoms with Gasteiger partial charge in [-0.05, 0) is 6.92 Å². The third kappa shape index (κ3) is 1.90. The van der Waals surface area contributed by atoms with Crippen LogP contribution < -0.4 is 5.73 Å². The molecule has 0 bridgehead atoms. The van der Waals surface area contributed by atoms with E-state index in [0.29, 0.717) is 0 Å². The standard InChI is InChI=1S/C4H9NO3/c1-2(5)3(6)4(7)8/h2-3,6H,5H2,1H3,(H,7,8)/t2?,3-/m0/s1. The number of aliphatic carboxylic acids is 1. The Kier molecular flexibility index (Phi) is 2.44. The lowest BCUT2D eigenvalue weighted by molar-refractivity contribution is -0.147. The summed E-state index contributed by atoms with van der Waals surface area (Å²) in [5.41, 5.74) is 5.01. The molecule has 4 nitrogen and oxygen atoms in total. The Morgan fingerprint density at radius 2 is 2.12 bits per heavy atom. The highest BCUT2D eigenvalue weighted by Crippen LogP contribution is 1.86. The highest BCUT2D eigenvalue weighted by atomic mass is 16.4. The van der Waals surface area contributed by atoms with Crippen LogP contribution in [-0.4, -0.2) is 28.3 Å². The van der Waals surface area contributed by atoms with Crippen LogP contribution in [0, 0.1) is 0 Å². The van der Waals surface area contributed by atoms with Crippen LogP contribution in [0.4, 0.5) is 0 Å². The molecule has 0 aromatic rings.